The predicted molar refractivity (Wildman–Crippen MR) is 138 cm³/mol. The van der Waals surface area contributed by atoms with Crippen LogP contribution in [0.5, 0.6) is 11.5 Å². The molecule has 2 aromatic carbocycles. The van der Waals surface area contributed by atoms with Crippen molar-refractivity contribution < 1.29 is 14.3 Å². The first-order valence-electron chi connectivity index (χ1n) is 11.0. The fraction of sp³-hybridized carbons (Fsp3) is 0.200. The van der Waals surface area contributed by atoms with Crippen molar-refractivity contribution in [2.45, 2.75) is 13.8 Å². The van der Waals surface area contributed by atoms with E-state index >= 15 is 0 Å². The molecule has 0 bridgehead atoms. The number of anilines is 2. The Labute approximate surface area is 211 Å². The minimum Gasteiger partial charge on any atom is -0.457 e. The minimum absolute atomic E-state index is 0.149. The molecule has 0 fully saturated rings. The summed E-state index contributed by atoms with van der Waals surface area (Å²) in [6.45, 7) is 4.11. The van der Waals surface area contributed by atoms with Gasteiger partial charge in [0.05, 0.1) is 11.0 Å². The predicted octanol–water partition coefficient (Wildman–Crippen LogP) is 4.44. The van der Waals surface area contributed by atoms with Gasteiger partial charge >= 0.3 is 0 Å². The second-order valence-corrected chi connectivity index (χ2v) is 8.81. The highest BCUT2D eigenvalue weighted by Crippen LogP contribution is 2.29. The lowest BCUT2D eigenvalue weighted by molar-refractivity contribution is -0.118. The van der Waals surface area contributed by atoms with Gasteiger partial charge in [-0.05, 0) is 48.9 Å². The van der Waals surface area contributed by atoms with E-state index in [1.54, 1.807) is 12.1 Å². The lowest BCUT2D eigenvalue weighted by Gasteiger charge is -2.08. The number of pyridine rings is 1. The van der Waals surface area contributed by atoms with Crippen molar-refractivity contribution in [3.8, 4) is 11.5 Å². The Balaban J connectivity index is 1.47. The van der Waals surface area contributed by atoms with Crippen molar-refractivity contribution in [3.63, 3.8) is 0 Å². The number of carbonyl (C=O) groups excluding carboxylic acids is 2. The number of aryl methyl sites for hydroxylation is 2. The first kappa shape index (κ1) is 24.2. The summed E-state index contributed by atoms with van der Waals surface area (Å²) < 4.78 is 9.01. The molecular weight excluding hydrogens is 512 g/mol. The summed E-state index contributed by atoms with van der Waals surface area (Å²) in [6.07, 6.45) is 1.51. The van der Waals surface area contributed by atoms with Crippen molar-refractivity contribution in [2.75, 3.05) is 18.4 Å². The largest absolute Gasteiger partial charge is 0.457 e. The molecule has 2 heterocycles. The molecule has 180 valence electrons. The molecule has 0 atom stereocenters. The summed E-state index contributed by atoms with van der Waals surface area (Å²) in [5.41, 5.74) is 4.01. The summed E-state index contributed by atoms with van der Waals surface area (Å²) in [4.78, 5) is 32.1. The lowest BCUT2D eigenvalue weighted by atomic mass is 10.2. The first-order valence-corrected chi connectivity index (χ1v) is 11.8. The molecular formula is C25H25BrN6O3. The van der Waals surface area contributed by atoms with Crippen LogP contribution in [-0.2, 0) is 11.8 Å². The molecule has 0 radical (unpaired) electrons. The second kappa shape index (κ2) is 10.6. The summed E-state index contributed by atoms with van der Waals surface area (Å²) in [7, 11) is 1.95. The van der Waals surface area contributed by atoms with Crippen LogP contribution in [-0.4, -0.2) is 39.4 Å². The zero-order valence-electron chi connectivity index (χ0n) is 19.6. The van der Waals surface area contributed by atoms with E-state index in [0.29, 0.717) is 30.5 Å². The molecule has 0 unspecified atom stereocenters. The standard InChI is InChI=1S/C25H25BrN6O3/c1-15-12-17(4-6-20(15)26)30-25-31-21-13-18(5-7-23(21)32(25)3)35-19-8-9-28-22(14-19)24(34)29-11-10-27-16(2)33/h4-9,12-14H,10-11H2,1-3H3,(H,27,33)(H,29,34)(H,30,31). The zero-order valence-corrected chi connectivity index (χ0v) is 21.1. The summed E-state index contributed by atoms with van der Waals surface area (Å²) in [5, 5.41) is 8.69. The van der Waals surface area contributed by atoms with Gasteiger partial charge in [0.1, 0.15) is 17.2 Å². The van der Waals surface area contributed by atoms with Gasteiger partial charge in [-0.25, -0.2) is 4.98 Å². The van der Waals surface area contributed by atoms with Gasteiger partial charge in [0, 0.05) is 55.6 Å². The number of rotatable bonds is 8. The summed E-state index contributed by atoms with van der Waals surface area (Å²) in [5.74, 6) is 1.28. The molecule has 0 saturated carbocycles. The van der Waals surface area contributed by atoms with Crippen molar-refractivity contribution in [2.24, 2.45) is 7.05 Å². The molecule has 2 amide bonds. The molecule has 0 aliphatic heterocycles. The number of fused-ring (bicyclic) bond motifs is 1. The Morgan fingerprint density at radius 3 is 2.57 bits per heavy atom. The maximum Gasteiger partial charge on any atom is 0.270 e. The van der Waals surface area contributed by atoms with Crippen LogP contribution in [0.1, 0.15) is 23.0 Å². The molecule has 4 aromatic rings. The maximum atomic E-state index is 12.3. The fourth-order valence-electron chi connectivity index (χ4n) is 3.45. The van der Waals surface area contributed by atoms with E-state index in [9.17, 15) is 9.59 Å². The van der Waals surface area contributed by atoms with Crippen LogP contribution >= 0.6 is 15.9 Å². The van der Waals surface area contributed by atoms with E-state index in [0.717, 1.165) is 26.8 Å². The molecule has 9 nitrogen and oxygen atoms in total. The number of ether oxygens (including phenoxy) is 1. The van der Waals surface area contributed by atoms with E-state index < -0.39 is 0 Å². The number of nitrogens with zero attached hydrogens (tertiary/aromatic N) is 3. The number of carbonyl (C=O) groups is 2. The van der Waals surface area contributed by atoms with Crippen LogP contribution in [0.2, 0.25) is 0 Å². The van der Waals surface area contributed by atoms with Crippen molar-refractivity contribution in [3.05, 3.63) is 70.5 Å². The number of hydrogen-bond donors (Lipinski definition) is 3. The molecule has 0 saturated heterocycles. The number of benzene rings is 2. The molecule has 0 aliphatic rings. The number of nitrogens with one attached hydrogen (secondary N) is 3. The van der Waals surface area contributed by atoms with E-state index in [2.05, 4.69) is 42.9 Å². The third-order valence-electron chi connectivity index (χ3n) is 5.25. The van der Waals surface area contributed by atoms with Crippen molar-refractivity contribution >= 4 is 50.4 Å². The van der Waals surface area contributed by atoms with Gasteiger partial charge in [-0.3, -0.25) is 14.6 Å². The average molecular weight is 537 g/mol. The molecule has 4 rings (SSSR count). The van der Waals surface area contributed by atoms with Gasteiger partial charge in [-0.1, -0.05) is 15.9 Å². The van der Waals surface area contributed by atoms with Gasteiger partial charge in [-0.2, -0.15) is 0 Å². The fourth-order valence-corrected chi connectivity index (χ4v) is 3.69. The number of amides is 2. The molecule has 2 aromatic heterocycles. The van der Waals surface area contributed by atoms with Crippen molar-refractivity contribution in [1.29, 1.82) is 0 Å². The Morgan fingerprint density at radius 1 is 1.03 bits per heavy atom. The Hall–Kier alpha value is -3.92. The third-order valence-corrected chi connectivity index (χ3v) is 6.14. The van der Waals surface area contributed by atoms with Crippen molar-refractivity contribution in [1.82, 2.24) is 25.2 Å². The molecule has 3 N–H and O–H groups in total. The van der Waals surface area contributed by atoms with E-state index in [1.807, 2.05) is 48.9 Å². The van der Waals surface area contributed by atoms with Crippen LogP contribution in [0, 0.1) is 6.92 Å². The van der Waals surface area contributed by atoms with Crippen LogP contribution in [0.15, 0.2) is 59.2 Å². The normalized spacial score (nSPS) is 10.7. The van der Waals surface area contributed by atoms with Gasteiger partial charge in [0.25, 0.3) is 5.91 Å². The van der Waals surface area contributed by atoms with Gasteiger partial charge in [0.2, 0.25) is 11.9 Å². The maximum absolute atomic E-state index is 12.3. The molecule has 10 heteroatoms. The van der Waals surface area contributed by atoms with E-state index in [-0.39, 0.29) is 17.5 Å². The SMILES string of the molecule is CC(=O)NCCNC(=O)c1cc(Oc2ccc3c(c2)nc(Nc2ccc(Br)c(C)c2)n3C)ccn1. The zero-order chi connectivity index (χ0) is 24.9. The van der Waals surface area contributed by atoms with Gasteiger partial charge in [0.15, 0.2) is 0 Å². The van der Waals surface area contributed by atoms with Crippen LogP contribution < -0.4 is 20.7 Å². The number of hydrogen-bond acceptors (Lipinski definition) is 6. The molecule has 0 spiro atoms. The minimum atomic E-state index is -0.347. The first-order chi connectivity index (χ1) is 16.8. The number of halogens is 1. The van der Waals surface area contributed by atoms with Crippen LogP contribution in [0.4, 0.5) is 11.6 Å². The van der Waals surface area contributed by atoms with Gasteiger partial charge < -0.3 is 25.3 Å². The highest BCUT2D eigenvalue weighted by molar-refractivity contribution is 9.10. The van der Waals surface area contributed by atoms with Crippen LogP contribution in [0.3, 0.4) is 0 Å². The highest BCUT2D eigenvalue weighted by Gasteiger charge is 2.12. The monoisotopic (exact) mass is 536 g/mol. The Bertz CT molecular complexity index is 1400. The number of aromatic nitrogens is 3. The Kier molecular flexibility index (Phi) is 7.31. The quantitative estimate of drug-likeness (QED) is 0.287. The number of imidazole rings is 1. The van der Waals surface area contributed by atoms with E-state index in [1.165, 1.54) is 13.1 Å². The topological polar surface area (TPSA) is 110 Å². The van der Waals surface area contributed by atoms with Gasteiger partial charge in [-0.15, -0.1) is 0 Å². The molecule has 35 heavy (non-hydrogen) atoms. The highest BCUT2D eigenvalue weighted by atomic mass is 79.9. The summed E-state index contributed by atoms with van der Waals surface area (Å²) in [6, 6.07) is 14.9. The smallest absolute Gasteiger partial charge is 0.270 e. The summed E-state index contributed by atoms with van der Waals surface area (Å²) >= 11 is 3.52. The van der Waals surface area contributed by atoms with E-state index in [4.69, 9.17) is 9.72 Å². The lowest BCUT2D eigenvalue weighted by Crippen LogP contribution is -2.33. The third kappa shape index (κ3) is 5.96. The average Bonchev–Trinajstić information content (AvgIpc) is 3.13. The molecule has 0 aliphatic carbocycles. The Morgan fingerprint density at radius 2 is 1.80 bits per heavy atom. The van der Waals surface area contributed by atoms with Crippen LogP contribution in [0.25, 0.3) is 11.0 Å². The second-order valence-electron chi connectivity index (χ2n) is 7.95.